The van der Waals surface area contributed by atoms with Crippen molar-refractivity contribution in [1.29, 1.82) is 0 Å². The van der Waals surface area contributed by atoms with Crippen LogP contribution < -0.4 is 9.47 Å². The molecule has 0 spiro atoms. The molecule has 0 unspecified atom stereocenters. The van der Waals surface area contributed by atoms with Gasteiger partial charge in [-0.15, -0.1) is 24.1 Å². The third-order valence-electron chi connectivity index (χ3n) is 4.88. The van der Waals surface area contributed by atoms with Crippen LogP contribution in [0.1, 0.15) is 11.4 Å². The van der Waals surface area contributed by atoms with Gasteiger partial charge in [0.15, 0.2) is 17.3 Å². The third-order valence-corrected chi connectivity index (χ3v) is 4.88. The fourth-order valence-electron chi connectivity index (χ4n) is 3.29. The molecule has 0 bridgehead atoms. The van der Waals surface area contributed by atoms with Crippen molar-refractivity contribution >= 4 is 12.4 Å². The lowest BCUT2D eigenvalue weighted by Crippen LogP contribution is -2.46. The first-order valence-corrected chi connectivity index (χ1v) is 9.25. The molecule has 0 amide bonds. The van der Waals surface area contributed by atoms with Crippen molar-refractivity contribution in [1.82, 2.24) is 30.0 Å². The molecular formula is C19H29ClN6O2. The summed E-state index contributed by atoms with van der Waals surface area (Å²) in [6.07, 6.45) is 2.79. The number of aryl methyl sites for hydroxylation is 2. The van der Waals surface area contributed by atoms with Crippen LogP contribution in [0.2, 0.25) is 0 Å². The Morgan fingerprint density at radius 2 is 1.79 bits per heavy atom. The van der Waals surface area contributed by atoms with E-state index < -0.39 is 0 Å². The van der Waals surface area contributed by atoms with Gasteiger partial charge in [0.25, 0.3) is 0 Å². The molecule has 1 fully saturated rings. The van der Waals surface area contributed by atoms with E-state index in [4.69, 9.17) is 9.47 Å². The molecule has 2 aromatic rings. The van der Waals surface area contributed by atoms with Crippen molar-refractivity contribution in [2.75, 3.05) is 46.9 Å². The summed E-state index contributed by atoms with van der Waals surface area (Å²) in [6.45, 7) is 10.4. The maximum Gasteiger partial charge on any atom is 0.165 e. The number of aromatic nitrogens is 4. The van der Waals surface area contributed by atoms with Gasteiger partial charge in [-0.25, -0.2) is 4.68 Å². The van der Waals surface area contributed by atoms with E-state index in [1.807, 2.05) is 29.0 Å². The fourth-order valence-corrected chi connectivity index (χ4v) is 3.29. The normalized spacial score (nSPS) is 15.1. The van der Waals surface area contributed by atoms with E-state index in [-0.39, 0.29) is 12.4 Å². The van der Waals surface area contributed by atoms with Crippen LogP contribution >= 0.6 is 12.4 Å². The van der Waals surface area contributed by atoms with Crippen LogP contribution in [0.5, 0.6) is 11.5 Å². The van der Waals surface area contributed by atoms with Crippen LogP contribution in [-0.2, 0) is 19.5 Å². The highest BCUT2D eigenvalue weighted by Gasteiger charge is 2.18. The van der Waals surface area contributed by atoms with Gasteiger partial charge in [0.1, 0.15) is 0 Å². The van der Waals surface area contributed by atoms with E-state index in [9.17, 15) is 0 Å². The van der Waals surface area contributed by atoms with E-state index in [0.717, 1.165) is 75.1 Å². The molecule has 0 aliphatic carbocycles. The van der Waals surface area contributed by atoms with Crippen LogP contribution in [0.4, 0.5) is 0 Å². The minimum atomic E-state index is 0. The zero-order valence-electron chi connectivity index (χ0n) is 16.6. The molecular weight excluding hydrogens is 380 g/mol. The second-order valence-electron chi connectivity index (χ2n) is 6.62. The number of ether oxygens (including phenoxy) is 2. The first-order chi connectivity index (χ1) is 13.2. The summed E-state index contributed by atoms with van der Waals surface area (Å²) in [7, 11) is 3.29. The van der Waals surface area contributed by atoms with Gasteiger partial charge in [0.05, 0.1) is 20.8 Å². The van der Waals surface area contributed by atoms with Crippen LogP contribution in [0.25, 0.3) is 0 Å². The zero-order chi connectivity index (χ0) is 19.1. The zero-order valence-corrected chi connectivity index (χ0v) is 17.4. The highest BCUT2D eigenvalue weighted by atomic mass is 35.5. The lowest BCUT2D eigenvalue weighted by Gasteiger charge is -2.33. The van der Waals surface area contributed by atoms with E-state index in [0.29, 0.717) is 0 Å². The summed E-state index contributed by atoms with van der Waals surface area (Å²) >= 11 is 0. The van der Waals surface area contributed by atoms with Gasteiger partial charge >= 0.3 is 0 Å². The van der Waals surface area contributed by atoms with Crippen molar-refractivity contribution in [3.05, 3.63) is 42.2 Å². The number of rotatable bonds is 9. The molecule has 28 heavy (non-hydrogen) atoms. The van der Waals surface area contributed by atoms with Gasteiger partial charge in [0, 0.05) is 39.3 Å². The highest BCUT2D eigenvalue weighted by Crippen LogP contribution is 2.27. The molecule has 8 nitrogen and oxygen atoms in total. The number of benzene rings is 1. The lowest BCUT2D eigenvalue weighted by molar-refractivity contribution is 0.133. The topological polar surface area (TPSA) is 68.5 Å². The van der Waals surface area contributed by atoms with Crippen LogP contribution in [0, 0.1) is 0 Å². The monoisotopic (exact) mass is 408 g/mol. The Kier molecular flexibility index (Phi) is 8.69. The Morgan fingerprint density at radius 1 is 1.07 bits per heavy atom. The fraction of sp³-hybridized carbons (Fsp3) is 0.526. The summed E-state index contributed by atoms with van der Waals surface area (Å²) < 4.78 is 12.6. The summed E-state index contributed by atoms with van der Waals surface area (Å²) in [6, 6.07) is 5.98. The summed E-state index contributed by atoms with van der Waals surface area (Å²) in [5.41, 5.74) is 1.16. The number of piperazine rings is 1. The molecule has 1 aromatic carbocycles. The lowest BCUT2D eigenvalue weighted by atomic mass is 10.1. The molecule has 2 heterocycles. The van der Waals surface area contributed by atoms with Crippen molar-refractivity contribution in [2.45, 2.75) is 19.5 Å². The largest absolute Gasteiger partial charge is 0.493 e. The van der Waals surface area contributed by atoms with E-state index in [1.54, 1.807) is 14.2 Å². The van der Waals surface area contributed by atoms with Gasteiger partial charge in [-0.2, -0.15) is 0 Å². The predicted octanol–water partition coefficient (Wildman–Crippen LogP) is 1.66. The van der Waals surface area contributed by atoms with Gasteiger partial charge in [-0.05, 0) is 34.5 Å². The number of hydrogen-bond acceptors (Lipinski definition) is 7. The van der Waals surface area contributed by atoms with E-state index in [2.05, 4.69) is 31.9 Å². The highest BCUT2D eigenvalue weighted by molar-refractivity contribution is 5.85. The Hall–Kier alpha value is -2.16. The minimum Gasteiger partial charge on any atom is -0.493 e. The van der Waals surface area contributed by atoms with Crippen LogP contribution in [0.15, 0.2) is 30.9 Å². The Morgan fingerprint density at radius 3 is 2.46 bits per heavy atom. The molecule has 1 aliphatic rings. The molecule has 1 aliphatic heterocycles. The van der Waals surface area contributed by atoms with Gasteiger partial charge in [-0.3, -0.25) is 9.80 Å². The third kappa shape index (κ3) is 5.67. The first kappa shape index (κ1) is 22.1. The number of methoxy groups -OCH3 is 2. The molecule has 1 aromatic heterocycles. The van der Waals surface area contributed by atoms with Crippen LogP contribution in [0.3, 0.4) is 0 Å². The molecule has 0 radical (unpaired) electrons. The average molecular weight is 409 g/mol. The second kappa shape index (κ2) is 11.0. The molecule has 0 atom stereocenters. The maximum absolute atomic E-state index is 5.38. The number of halogens is 1. The molecule has 3 rings (SSSR count). The number of tetrazole rings is 1. The van der Waals surface area contributed by atoms with E-state index >= 15 is 0 Å². The Bertz CT molecular complexity index is 746. The quantitative estimate of drug-likeness (QED) is 0.584. The molecule has 1 saturated heterocycles. The van der Waals surface area contributed by atoms with Crippen molar-refractivity contribution in [3.8, 4) is 11.5 Å². The molecule has 9 heteroatoms. The second-order valence-corrected chi connectivity index (χ2v) is 6.62. The summed E-state index contributed by atoms with van der Waals surface area (Å²) in [5, 5.41) is 12.3. The number of nitrogens with zero attached hydrogens (tertiary/aromatic N) is 6. The average Bonchev–Trinajstić information content (AvgIpc) is 3.14. The first-order valence-electron chi connectivity index (χ1n) is 9.25. The van der Waals surface area contributed by atoms with E-state index in [1.165, 1.54) is 0 Å². The number of hydrogen-bond donors (Lipinski definition) is 0. The van der Waals surface area contributed by atoms with Gasteiger partial charge < -0.3 is 9.47 Å². The minimum absolute atomic E-state index is 0. The van der Waals surface area contributed by atoms with Gasteiger partial charge in [0.2, 0.25) is 0 Å². The Labute approximate surface area is 172 Å². The smallest absolute Gasteiger partial charge is 0.165 e. The SMILES string of the molecule is C=CCN1CCN(Cc2nnnn2CCc2ccc(OC)c(OC)c2)CC1.Cl. The molecule has 154 valence electrons. The standard InChI is InChI=1S/C19H28N6O2.ClH/c1-4-8-23-10-12-24(13-11-23)15-19-20-21-22-25(19)9-7-16-5-6-17(26-2)18(14-16)27-3;/h4-6,14H,1,7-13,15H2,2-3H3;1H. The molecule has 0 saturated carbocycles. The van der Waals surface area contributed by atoms with Crippen LogP contribution in [-0.4, -0.2) is 77.0 Å². The summed E-state index contributed by atoms with van der Waals surface area (Å²) in [4.78, 5) is 4.81. The van der Waals surface area contributed by atoms with Crippen molar-refractivity contribution in [2.24, 2.45) is 0 Å². The molecule has 0 N–H and O–H groups in total. The van der Waals surface area contributed by atoms with Gasteiger partial charge in [-0.1, -0.05) is 12.1 Å². The van der Waals surface area contributed by atoms with Crippen molar-refractivity contribution < 1.29 is 9.47 Å². The Balaban J connectivity index is 0.00000280. The van der Waals surface area contributed by atoms with Crippen molar-refractivity contribution in [3.63, 3.8) is 0 Å². The predicted molar refractivity (Wildman–Crippen MR) is 110 cm³/mol. The summed E-state index contributed by atoms with van der Waals surface area (Å²) in [5.74, 6) is 2.39. The maximum atomic E-state index is 5.38.